The molecule has 4 rings (SSSR count). The van der Waals surface area contributed by atoms with Gasteiger partial charge in [0.05, 0.1) is 11.1 Å². The van der Waals surface area contributed by atoms with Crippen molar-refractivity contribution in [3.63, 3.8) is 0 Å². The molecule has 12 nitrogen and oxygen atoms in total. The maximum atomic E-state index is 11.4. The Morgan fingerprint density at radius 2 is 1.77 bits per heavy atom. The zero-order valence-corrected chi connectivity index (χ0v) is 15.8. The lowest BCUT2D eigenvalue weighted by Gasteiger charge is -2.26. The molecule has 0 spiro atoms. The molecule has 1 aromatic carbocycles. The minimum Gasteiger partial charge on any atom is -0.478 e. The number of hydrogen-bond donors (Lipinski definition) is 6. The van der Waals surface area contributed by atoms with Crippen LogP contribution in [-0.4, -0.2) is 59.6 Å². The lowest BCUT2D eigenvalue weighted by Crippen LogP contribution is -2.33. The van der Waals surface area contributed by atoms with Gasteiger partial charge in [0.15, 0.2) is 11.3 Å². The van der Waals surface area contributed by atoms with E-state index in [1.807, 2.05) is 0 Å². The molecule has 0 unspecified atom stereocenters. The summed E-state index contributed by atoms with van der Waals surface area (Å²) in [5.74, 6) is -2.00. The molecule has 1 fully saturated rings. The fourth-order valence-electron chi connectivity index (χ4n) is 3.47. The van der Waals surface area contributed by atoms with Gasteiger partial charge in [0.25, 0.3) is 0 Å². The molecule has 1 saturated carbocycles. The molecule has 2 aromatic heterocycles. The number of aromatic amines is 1. The summed E-state index contributed by atoms with van der Waals surface area (Å²) in [6.45, 7) is 0. The van der Waals surface area contributed by atoms with Crippen LogP contribution < -0.4 is 16.4 Å². The van der Waals surface area contributed by atoms with Crippen LogP contribution in [0.1, 0.15) is 46.4 Å². The van der Waals surface area contributed by atoms with Crippen molar-refractivity contribution in [1.82, 2.24) is 25.4 Å². The molecule has 0 aliphatic heterocycles. The fraction of sp³-hybridized carbons (Fsp3) is 0.333. The number of anilines is 3. The zero-order valence-electron chi connectivity index (χ0n) is 15.8. The van der Waals surface area contributed by atoms with E-state index < -0.39 is 11.9 Å². The van der Waals surface area contributed by atoms with E-state index in [-0.39, 0.29) is 23.2 Å². The summed E-state index contributed by atoms with van der Waals surface area (Å²) in [6.07, 6.45) is 3.65. The number of carbonyl (C=O) groups is 2. The lowest BCUT2D eigenvalue weighted by atomic mass is 9.92. The van der Waals surface area contributed by atoms with Gasteiger partial charge in [-0.25, -0.2) is 9.59 Å². The molecule has 0 radical (unpaired) electrons. The second-order valence-corrected chi connectivity index (χ2v) is 7.14. The summed E-state index contributed by atoms with van der Waals surface area (Å²) in [5.41, 5.74) is 6.36. The summed E-state index contributed by atoms with van der Waals surface area (Å²) in [7, 11) is 0. The molecule has 0 saturated heterocycles. The number of hydrogen-bond acceptors (Lipinski definition) is 9. The van der Waals surface area contributed by atoms with E-state index in [0.717, 1.165) is 25.7 Å². The molecule has 2 heterocycles. The Balaban J connectivity index is 1.64. The molecule has 156 valence electrons. The number of carboxylic acid groups (broad SMARTS) is 2. The first-order valence-corrected chi connectivity index (χ1v) is 9.39. The third kappa shape index (κ3) is 3.98. The molecule has 1 aliphatic rings. The van der Waals surface area contributed by atoms with Gasteiger partial charge < -0.3 is 26.6 Å². The summed E-state index contributed by atoms with van der Waals surface area (Å²) >= 11 is 0. The van der Waals surface area contributed by atoms with Crippen molar-refractivity contribution in [2.75, 3.05) is 10.6 Å². The second-order valence-electron chi connectivity index (χ2n) is 7.14. The standard InChI is InChI=1S/C18H20N8O4/c19-8-1-3-9(4-2-8)21-18-22-14(13-15(23-18)25-26-24-13)20-10-5-6-11(16(27)28)12(7-10)17(29)30/h5-9H,1-4,19H2,(H,27,28)(H,29,30)(H3,20,21,22,23,24,25,26). The second kappa shape index (κ2) is 7.91. The van der Waals surface area contributed by atoms with Crippen LogP contribution in [0, 0.1) is 0 Å². The SMILES string of the molecule is NC1CCC(Nc2nc(Nc3ccc(C(=O)O)c(C(=O)O)c3)c3n[nH]nc3n2)CC1. The molecule has 12 heteroatoms. The molecule has 3 aromatic rings. The number of fused-ring (bicyclic) bond motifs is 1. The fourth-order valence-corrected chi connectivity index (χ4v) is 3.47. The van der Waals surface area contributed by atoms with Gasteiger partial charge in [-0.05, 0) is 43.9 Å². The molecule has 0 atom stereocenters. The van der Waals surface area contributed by atoms with Crippen LogP contribution in [-0.2, 0) is 0 Å². The normalized spacial score (nSPS) is 18.8. The number of aromatic nitrogens is 5. The van der Waals surface area contributed by atoms with E-state index >= 15 is 0 Å². The Bertz CT molecular complexity index is 1110. The highest BCUT2D eigenvalue weighted by molar-refractivity contribution is 6.02. The van der Waals surface area contributed by atoms with E-state index in [9.17, 15) is 19.8 Å². The number of nitrogens with two attached hydrogens (primary N) is 1. The van der Waals surface area contributed by atoms with Gasteiger partial charge in [-0.3, -0.25) is 0 Å². The third-order valence-corrected chi connectivity index (χ3v) is 5.03. The summed E-state index contributed by atoms with van der Waals surface area (Å²) in [5, 5.41) is 35.3. The topological polar surface area (TPSA) is 192 Å². The van der Waals surface area contributed by atoms with E-state index in [4.69, 9.17) is 5.73 Å². The number of carboxylic acids is 2. The lowest BCUT2D eigenvalue weighted by molar-refractivity contribution is 0.0651. The highest BCUT2D eigenvalue weighted by Gasteiger charge is 2.21. The first kappa shape index (κ1) is 19.5. The molecule has 1 aliphatic carbocycles. The van der Waals surface area contributed by atoms with Crippen LogP contribution in [0.5, 0.6) is 0 Å². The Kier molecular flexibility index (Phi) is 5.14. The van der Waals surface area contributed by atoms with Crippen molar-refractivity contribution in [3.05, 3.63) is 29.3 Å². The maximum Gasteiger partial charge on any atom is 0.336 e. The van der Waals surface area contributed by atoms with Gasteiger partial charge in [0, 0.05) is 17.8 Å². The summed E-state index contributed by atoms with van der Waals surface area (Å²) < 4.78 is 0. The van der Waals surface area contributed by atoms with Gasteiger partial charge in [0.1, 0.15) is 0 Å². The highest BCUT2D eigenvalue weighted by Crippen LogP contribution is 2.26. The van der Waals surface area contributed by atoms with Crippen molar-refractivity contribution in [2.45, 2.75) is 37.8 Å². The largest absolute Gasteiger partial charge is 0.478 e. The quantitative estimate of drug-likeness (QED) is 0.344. The molecule has 7 N–H and O–H groups in total. The maximum absolute atomic E-state index is 11.4. The van der Waals surface area contributed by atoms with Crippen LogP contribution in [0.3, 0.4) is 0 Å². The smallest absolute Gasteiger partial charge is 0.336 e. The van der Waals surface area contributed by atoms with Crippen LogP contribution in [0.4, 0.5) is 17.5 Å². The molecular formula is C18H20N8O4. The minimum absolute atomic E-state index is 0.190. The van der Waals surface area contributed by atoms with Gasteiger partial charge >= 0.3 is 11.9 Å². The van der Waals surface area contributed by atoms with Gasteiger partial charge in [-0.15, -0.1) is 5.10 Å². The highest BCUT2D eigenvalue weighted by atomic mass is 16.4. The van der Waals surface area contributed by atoms with E-state index in [1.54, 1.807) is 0 Å². The van der Waals surface area contributed by atoms with Gasteiger partial charge in [-0.1, -0.05) is 0 Å². The number of H-pyrrole nitrogens is 1. The molecular weight excluding hydrogens is 392 g/mol. The number of nitrogens with zero attached hydrogens (tertiary/aromatic N) is 4. The average Bonchev–Trinajstić information content (AvgIpc) is 3.18. The van der Waals surface area contributed by atoms with Gasteiger partial charge in [-0.2, -0.15) is 20.3 Å². The predicted molar refractivity (Wildman–Crippen MR) is 107 cm³/mol. The number of aromatic carboxylic acids is 2. The van der Waals surface area contributed by atoms with Crippen molar-refractivity contribution in [3.8, 4) is 0 Å². The van der Waals surface area contributed by atoms with Crippen LogP contribution in [0.2, 0.25) is 0 Å². The number of nitrogens with one attached hydrogen (secondary N) is 3. The van der Waals surface area contributed by atoms with Crippen LogP contribution in [0.25, 0.3) is 11.2 Å². The van der Waals surface area contributed by atoms with Crippen molar-refractivity contribution < 1.29 is 19.8 Å². The third-order valence-electron chi connectivity index (χ3n) is 5.03. The van der Waals surface area contributed by atoms with E-state index in [0.29, 0.717) is 28.6 Å². The van der Waals surface area contributed by atoms with Gasteiger partial charge in [0.2, 0.25) is 11.6 Å². The van der Waals surface area contributed by atoms with Crippen LogP contribution >= 0.6 is 0 Å². The Labute approximate surface area is 169 Å². The average molecular weight is 412 g/mol. The predicted octanol–water partition coefficient (Wildman–Crippen LogP) is 1.57. The summed E-state index contributed by atoms with van der Waals surface area (Å²) in [6, 6.07) is 4.32. The van der Waals surface area contributed by atoms with E-state index in [2.05, 4.69) is 36.0 Å². The molecule has 30 heavy (non-hydrogen) atoms. The zero-order chi connectivity index (χ0) is 21.3. The number of rotatable bonds is 6. The van der Waals surface area contributed by atoms with Crippen molar-refractivity contribution >= 4 is 40.6 Å². The summed E-state index contributed by atoms with van der Waals surface area (Å²) in [4.78, 5) is 31.5. The minimum atomic E-state index is -1.34. The van der Waals surface area contributed by atoms with Crippen molar-refractivity contribution in [1.29, 1.82) is 0 Å². The van der Waals surface area contributed by atoms with E-state index in [1.165, 1.54) is 18.2 Å². The first-order chi connectivity index (χ1) is 14.4. The molecule has 0 bridgehead atoms. The van der Waals surface area contributed by atoms with Crippen molar-refractivity contribution in [2.24, 2.45) is 5.73 Å². The number of benzene rings is 1. The Morgan fingerprint density at radius 1 is 1.03 bits per heavy atom. The Hall–Kier alpha value is -3.80. The van der Waals surface area contributed by atoms with Crippen LogP contribution in [0.15, 0.2) is 18.2 Å². The Morgan fingerprint density at radius 3 is 2.47 bits per heavy atom. The molecule has 0 amide bonds. The monoisotopic (exact) mass is 412 g/mol. The first-order valence-electron chi connectivity index (χ1n) is 9.39.